The summed E-state index contributed by atoms with van der Waals surface area (Å²) in [5.41, 5.74) is 6.77. The lowest BCUT2D eigenvalue weighted by atomic mass is 10.0. The van der Waals surface area contributed by atoms with Crippen LogP contribution in [0.15, 0.2) is 54.7 Å². The molecule has 3 heteroatoms. The number of hydrogen-bond donors (Lipinski definition) is 2. The molecule has 2 aromatic rings. The second-order valence-electron chi connectivity index (χ2n) is 7.45. The first kappa shape index (κ1) is 14.9. The van der Waals surface area contributed by atoms with Crippen LogP contribution in [0.25, 0.3) is 5.70 Å². The fourth-order valence-electron chi connectivity index (χ4n) is 4.20. The van der Waals surface area contributed by atoms with E-state index in [9.17, 15) is 0 Å². The van der Waals surface area contributed by atoms with Gasteiger partial charge in [0.1, 0.15) is 0 Å². The van der Waals surface area contributed by atoms with Crippen LogP contribution in [-0.4, -0.2) is 13.2 Å². The Morgan fingerprint density at radius 1 is 0.840 bits per heavy atom. The van der Waals surface area contributed by atoms with Crippen molar-refractivity contribution in [1.29, 1.82) is 0 Å². The van der Waals surface area contributed by atoms with Crippen molar-refractivity contribution in [1.82, 2.24) is 10.6 Å². The molecule has 1 saturated carbocycles. The molecular weight excluding hydrogens is 306 g/mol. The number of nitrogens with zero attached hydrogens (tertiary/aromatic N) is 1. The van der Waals surface area contributed by atoms with E-state index < -0.39 is 0 Å². The Morgan fingerprint density at radius 2 is 1.60 bits per heavy atom. The molecule has 1 atom stereocenters. The van der Waals surface area contributed by atoms with E-state index in [1.54, 1.807) is 0 Å². The lowest BCUT2D eigenvalue weighted by molar-refractivity contribution is 0.719. The van der Waals surface area contributed by atoms with Gasteiger partial charge < -0.3 is 15.5 Å². The Balaban J connectivity index is 1.36. The van der Waals surface area contributed by atoms with E-state index in [1.807, 2.05) is 0 Å². The molecule has 0 aromatic heterocycles. The van der Waals surface area contributed by atoms with Gasteiger partial charge in [-0.2, -0.15) is 0 Å². The molecule has 0 bridgehead atoms. The minimum atomic E-state index is 0.504. The molecule has 2 N–H and O–H groups in total. The van der Waals surface area contributed by atoms with E-state index in [0.717, 1.165) is 19.1 Å². The highest BCUT2D eigenvalue weighted by atomic mass is 15.2. The molecule has 0 radical (unpaired) electrons. The first-order chi connectivity index (χ1) is 12.4. The van der Waals surface area contributed by atoms with E-state index in [-0.39, 0.29) is 0 Å². The molecule has 3 nitrogen and oxygen atoms in total. The summed E-state index contributed by atoms with van der Waals surface area (Å²) in [5, 5.41) is 6.56. The van der Waals surface area contributed by atoms with E-state index in [4.69, 9.17) is 0 Å². The van der Waals surface area contributed by atoms with Crippen molar-refractivity contribution in [2.24, 2.45) is 0 Å². The summed E-state index contributed by atoms with van der Waals surface area (Å²) < 4.78 is 0. The quantitative estimate of drug-likeness (QED) is 0.872. The van der Waals surface area contributed by atoms with Gasteiger partial charge in [-0.15, -0.1) is 0 Å². The van der Waals surface area contributed by atoms with Gasteiger partial charge in [0.2, 0.25) is 0 Å². The van der Waals surface area contributed by atoms with Gasteiger partial charge >= 0.3 is 0 Å². The molecule has 2 heterocycles. The number of rotatable bonds is 4. The van der Waals surface area contributed by atoms with Gasteiger partial charge in [0, 0.05) is 18.4 Å². The van der Waals surface area contributed by atoms with Crippen LogP contribution in [0.1, 0.15) is 54.3 Å². The molecular formula is C22H25N3. The zero-order valence-electron chi connectivity index (χ0n) is 14.5. The Hall–Kier alpha value is -2.42. The number of nitrogens with one attached hydrogen (secondary N) is 2. The zero-order valence-corrected chi connectivity index (χ0v) is 14.5. The lowest BCUT2D eigenvalue weighted by Crippen LogP contribution is -2.22. The lowest BCUT2D eigenvalue weighted by Gasteiger charge is -2.27. The van der Waals surface area contributed by atoms with Gasteiger partial charge in [-0.25, -0.2) is 0 Å². The van der Waals surface area contributed by atoms with Gasteiger partial charge in [-0.3, -0.25) is 0 Å². The van der Waals surface area contributed by atoms with Crippen molar-refractivity contribution in [2.75, 3.05) is 18.1 Å². The SMILES string of the molecule is C1=C(c2ccc([C@H]3CCCN3c3ccc(C4CC4)cc3)cc2)NCN1. The molecule has 128 valence electrons. The van der Waals surface area contributed by atoms with Crippen LogP contribution in [0, 0.1) is 0 Å². The molecule has 3 aliphatic rings. The third kappa shape index (κ3) is 2.88. The average molecular weight is 331 g/mol. The maximum atomic E-state index is 3.36. The average Bonchev–Trinajstić information content (AvgIpc) is 3.17. The Kier molecular flexibility index (Phi) is 3.66. The van der Waals surface area contributed by atoms with E-state index in [2.05, 4.69) is 70.3 Å². The van der Waals surface area contributed by atoms with E-state index in [0.29, 0.717) is 6.04 Å². The van der Waals surface area contributed by atoms with Crippen molar-refractivity contribution in [2.45, 2.75) is 37.6 Å². The Bertz CT molecular complexity index is 772. The number of hydrogen-bond acceptors (Lipinski definition) is 3. The van der Waals surface area contributed by atoms with Crippen molar-refractivity contribution < 1.29 is 0 Å². The zero-order chi connectivity index (χ0) is 16.6. The first-order valence-electron chi connectivity index (χ1n) is 9.53. The molecule has 1 saturated heterocycles. The first-order valence-corrected chi connectivity index (χ1v) is 9.53. The van der Waals surface area contributed by atoms with E-state index >= 15 is 0 Å². The smallest absolute Gasteiger partial charge is 0.0846 e. The summed E-state index contributed by atoms with van der Waals surface area (Å²) in [6.45, 7) is 1.98. The largest absolute Gasteiger partial charge is 0.372 e. The van der Waals surface area contributed by atoms with Crippen molar-refractivity contribution >= 4 is 11.4 Å². The molecule has 2 fully saturated rings. The normalized spacial score (nSPS) is 22.5. The number of anilines is 1. The Morgan fingerprint density at radius 3 is 2.28 bits per heavy atom. The van der Waals surface area contributed by atoms with Crippen LogP contribution in [0.3, 0.4) is 0 Å². The Labute approximate surface area is 149 Å². The molecule has 2 aromatic carbocycles. The highest BCUT2D eigenvalue weighted by Gasteiger charge is 2.27. The molecule has 0 spiro atoms. The maximum absolute atomic E-state index is 3.36. The maximum Gasteiger partial charge on any atom is 0.0846 e. The molecule has 1 aliphatic carbocycles. The summed E-state index contributed by atoms with van der Waals surface area (Å²) in [4.78, 5) is 2.58. The van der Waals surface area contributed by atoms with Crippen LogP contribution in [0.5, 0.6) is 0 Å². The molecule has 5 rings (SSSR count). The minimum absolute atomic E-state index is 0.504. The monoisotopic (exact) mass is 331 g/mol. The topological polar surface area (TPSA) is 27.3 Å². The highest BCUT2D eigenvalue weighted by Crippen LogP contribution is 2.42. The van der Waals surface area contributed by atoms with Gasteiger partial charge in [-0.1, -0.05) is 36.4 Å². The van der Waals surface area contributed by atoms with Crippen LogP contribution in [-0.2, 0) is 0 Å². The second kappa shape index (κ2) is 6.14. The van der Waals surface area contributed by atoms with Gasteiger partial charge in [0.05, 0.1) is 18.4 Å². The van der Waals surface area contributed by atoms with Gasteiger partial charge in [-0.05, 0) is 60.4 Å². The minimum Gasteiger partial charge on any atom is -0.372 e. The molecule has 25 heavy (non-hydrogen) atoms. The second-order valence-corrected chi connectivity index (χ2v) is 7.45. The predicted octanol–water partition coefficient (Wildman–Crippen LogP) is 4.35. The van der Waals surface area contributed by atoms with Gasteiger partial charge in [0.15, 0.2) is 0 Å². The van der Waals surface area contributed by atoms with Crippen LogP contribution >= 0.6 is 0 Å². The molecule has 0 amide bonds. The van der Waals surface area contributed by atoms with Crippen LogP contribution in [0.4, 0.5) is 5.69 Å². The summed E-state index contributed by atoms with van der Waals surface area (Å²) in [7, 11) is 0. The molecule has 0 unspecified atom stereocenters. The van der Waals surface area contributed by atoms with Crippen molar-refractivity contribution in [3.05, 3.63) is 71.4 Å². The van der Waals surface area contributed by atoms with Crippen molar-refractivity contribution in [3.8, 4) is 0 Å². The molecule has 2 aliphatic heterocycles. The van der Waals surface area contributed by atoms with Crippen molar-refractivity contribution in [3.63, 3.8) is 0 Å². The van der Waals surface area contributed by atoms with Crippen LogP contribution in [0.2, 0.25) is 0 Å². The van der Waals surface area contributed by atoms with Gasteiger partial charge in [0.25, 0.3) is 0 Å². The summed E-state index contributed by atoms with van der Waals surface area (Å²) in [6.07, 6.45) is 7.32. The predicted molar refractivity (Wildman–Crippen MR) is 103 cm³/mol. The summed E-state index contributed by atoms with van der Waals surface area (Å²) in [6, 6.07) is 19.0. The van der Waals surface area contributed by atoms with E-state index in [1.165, 1.54) is 53.8 Å². The number of benzene rings is 2. The summed E-state index contributed by atoms with van der Waals surface area (Å²) in [5.74, 6) is 0.837. The fourth-order valence-corrected chi connectivity index (χ4v) is 4.20. The highest BCUT2D eigenvalue weighted by molar-refractivity contribution is 5.65. The third-order valence-corrected chi connectivity index (χ3v) is 5.76. The summed E-state index contributed by atoms with van der Waals surface area (Å²) >= 11 is 0. The third-order valence-electron chi connectivity index (χ3n) is 5.76. The van der Waals surface area contributed by atoms with Crippen LogP contribution < -0.4 is 15.5 Å². The fraction of sp³-hybridized carbons (Fsp3) is 0.364. The standard InChI is InChI=1S/C22H25N3/c1-2-22(19-7-5-18(6-8-19)21-14-23-15-24-21)25(13-1)20-11-9-17(10-12-20)16-3-4-16/h5-12,14,16,22-24H,1-4,13,15H2/t22-/m1/s1.